The molecule has 0 saturated carbocycles. The van der Waals surface area contributed by atoms with Gasteiger partial charge in [0.15, 0.2) is 0 Å². The van der Waals surface area contributed by atoms with Crippen LogP contribution >= 0.6 is 0 Å². The average molecular weight is 143 g/mol. The van der Waals surface area contributed by atoms with Crippen LogP contribution in [0, 0.1) is 0 Å². The maximum Gasteiger partial charge on any atom is 0.0855 e. The molecule has 1 unspecified atom stereocenters. The molecule has 3 heteroatoms. The van der Waals surface area contributed by atoms with E-state index in [2.05, 4.69) is 11.7 Å². The van der Waals surface area contributed by atoms with Gasteiger partial charge in [0.1, 0.15) is 0 Å². The summed E-state index contributed by atoms with van der Waals surface area (Å²) in [7, 11) is 0. The predicted molar refractivity (Wildman–Crippen MR) is 40.5 cm³/mol. The Bertz CT molecular complexity index is 112. The summed E-state index contributed by atoms with van der Waals surface area (Å²) in [6.45, 7) is 5.86. The lowest BCUT2D eigenvalue weighted by atomic mass is 10.3. The van der Waals surface area contributed by atoms with Crippen LogP contribution in [0.1, 0.15) is 13.3 Å². The molecule has 0 fully saturated rings. The SMILES string of the molecule is C=CCC(C)OCC=NO. The predicted octanol–water partition coefficient (Wildman–Crippen LogP) is 1.43. The Kier molecular flexibility index (Phi) is 5.77. The van der Waals surface area contributed by atoms with Crippen molar-refractivity contribution in [3.63, 3.8) is 0 Å². The Morgan fingerprint density at radius 1 is 1.80 bits per heavy atom. The van der Waals surface area contributed by atoms with E-state index in [-0.39, 0.29) is 6.10 Å². The number of ether oxygens (including phenoxy) is 1. The number of nitrogens with zero attached hydrogens (tertiary/aromatic N) is 1. The Balaban J connectivity index is 3.20. The molecule has 0 aromatic rings. The van der Waals surface area contributed by atoms with Crippen molar-refractivity contribution in [1.29, 1.82) is 0 Å². The van der Waals surface area contributed by atoms with Gasteiger partial charge < -0.3 is 9.94 Å². The highest BCUT2D eigenvalue weighted by molar-refractivity contribution is 5.57. The highest BCUT2D eigenvalue weighted by atomic mass is 16.5. The molecule has 1 atom stereocenters. The van der Waals surface area contributed by atoms with E-state index in [1.165, 1.54) is 6.21 Å². The van der Waals surface area contributed by atoms with Gasteiger partial charge in [0, 0.05) is 0 Å². The van der Waals surface area contributed by atoms with Gasteiger partial charge in [-0.2, -0.15) is 0 Å². The Morgan fingerprint density at radius 3 is 3.00 bits per heavy atom. The molecule has 0 rings (SSSR count). The zero-order chi connectivity index (χ0) is 7.82. The number of rotatable bonds is 5. The van der Waals surface area contributed by atoms with Gasteiger partial charge in [-0.15, -0.1) is 6.58 Å². The third kappa shape index (κ3) is 5.31. The van der Waals surface area contributed by atoms with E-state index in [1.54, 1.807) is 6.08 Å². The molecule has 0 aliphatic heterocycles. The molecule has 0 heterocycles. The van der Waals surface area contributed by atoms with E-state index in [0.717, 1.165) is 6.42 Å². The van der Waals surface area contributed by atoms with Crippen molar-refractivity contribution in [3.8, 4) is 0 Å². The molecule has 0 aliphatic carbocycles. The Morgan fingerprint density at radius 2 is 2.50 bits per heavy atom. The van der Waals surface area contributed by atoms with Gasteiger partial charge >= 0.3 is 0 Å². The lowest BCUT2D eigenvalue weighted by Crippen LogP contribution is -2.08. The largest absolute Gasteiger partial charge is 0.411 e. The molecular weight excluding hydrogens is 130 g/mol. The van der Waals surface area contributed by atoms with Crippen LogP contribution in [0.15, 0.2) is 17.8 Å². The monoisotopic (exact) mass is 143 g/mol. The van der Waals surface area contributed by atoms with Gasteiger partial charge in [0.05, 0.1) is 18.9 Å². The Labute approximate surface area is 61.0 Å². The summed E-state index contributed by atoms with van der Waals surface area (Å²) in [6.07, 6.45) is 4.06. The van der Waals surface area contributed by atoms with Crippen LogP contribution < -0.4 is 0 Å². The first-order chi connectivity index (χ1) is 4.81. The van der Waals surface area contributed by atoms with Crippen molar-refractivity contribution in [3.05, 3.63) is 12.7 Å². The second kappa shape index (κ2) is 6.29. The fourth-order valence-electron chi connectivity index (χ4n) is 0.543. The second-order valence-electron chi connectivity index (χ2n) is 1.97. The topological polar surface area (TPSA) is 41.8 Å². The lowest BCUT2D eigenvalue weighted by molar-refractivity contribution is 0.0991. The molecule has 58 valence electrons. The van der Waals surface area contributed by atoms with Gasteiger partial charge in [-0.05, 0) is 13.3 Å². The van der Waals surface area contributed by atoms with Gasteiger partial charge in [0.25, 0.3) is 0 Å². The quantitative estimate of drug-likeness (QED) is 0.274. The highest BCUT2D eigenvalue weighted by Gasteiger charge is 1.95. The Hall–Kier alpha value is -0.830. The smallest absolute Gasteiger partial charge is 0.0855 e. The van der Waals surface area contributed by atoms with Crippen molar-refractivity contribution < 1.29 is 9.94 Å². The fraction of sp³-hybridized carbons (Fsp3) is 0.571. The van der Waals surface area contributed by atoms with Crippen molar-refractivity contribution >= 4 is 6.21 Å². The molecular formula is C7H13NO2. The van der Waals surface area contributed by atoms with E-state index < -0.39 is 0 Å². The van der Waals surface area contributed by atoms with Crippen molar-refractivity contribution in [2.24, 2.45) is 5.16 Å². The van der Waals surface area contributed by atoms with E-state index >= 15 is 0 Å². The number of hydrogen-bond acceptors (Lipinski definition) is 3. The molecule has 0 aromatic carbocycles. The van der Waals surface area contributed by atoms with Crippen molar-refractivity contribution in [2.75, 3.05) is 6.61 Å². The van der Waals surface area contributed by atoms with E-state index in [4.69, 9.17) is 9.94 Å². The molecule has 0 aromatic heterocycles. The molecule has 0 radical (unpaired) electrons. The molecule has 0 aliphatic rings. The second-order valence-corrected chi connectivity index (χ2v) is 1.97. The minimum absolute atomic E-state index is 0.149. The van der Waals surface area contributed by atoms with Gasteiger partial charge in [-0.1, -0.05) is 11.2 Å². The highest BCUT2D eigenvalue weighted by Crippen LogP contribution is 1.95. The van der Waals surface area contributed by atoms with Crippen LogP contribution in [-0.4, -0.2) is 24.1 Å². The minimum atomic E-state index is 0.149. The molecule has 0 amide bonds. The van der Waals surface area contributed by atoms with Crippen LogP contribution in [0.4, 0.5) is 0 Å². The zero-order valence-corrected chi connectivity index (χ0v) is 6.16. The summed E-state index contributed by atoms with van der Waals surface area (Å²) in [4.78, 5) is 0. The first-order valence-electron chi connectivity index (χ1n) is 3.19. The third-order valence-corrected chi connectivity index (χ3v) is 1.04. The average Bonchev–Trinajstić information content (AvgIpc) is 1.89. The van der Waals surface area contributed by atoms with E-state index in [0.29, 0.717) is 6.61 Å². The first-order valence-corrected chi connectivity index (χ1v) is 3.19. The minimum Gasteiger partial charge on any atom is -0.411 e. The first kappa shape index (κ1) is 9.17. The van der Waals surface area contributed by atoms with Crippen LogP contribution in [0.5, 0.6) is 0 Å². The number of hydrogen-bond donors (Lipinski definition) is 1. The summed E-state index contributed by atoms with van der Waals surface area (Å²) in [6, 6.07) is 0. The standard InChI is InChI=1S/C7H13NO2/c1-3-4-7(2)10-6-5-8-9/h3,5,7,9H,1,4,6H2,2H3. The summed E-state index contributed by atoms with van der Waals surface area (Å²) in [5, 5.41) is 10.8. The summed E-state index contributed by atoms with van der Waals surface area (Å²) in [5.41, 5.74) is 0. The maximum absolute atomic E-state index is 7.98. The van der Waals surface area contributed by atoms with Gasteiger partial charge in [-0.25, -0.2) is 0 Å². The van der Waals surface area contributed by atoms with Crippen molar-refractivity contribution in [1.82, 2.24) is 0 Å². The molecule has 0 spiro atoms. The molecule has 3 nitrogen and oxygen atoms in total. The van der Waals surface area contributed by atoms with Crippen LogP contribution in [0.25, 0.3) is 0 Å². The van der Waals surface area contributed by atoms with Crippen LogP contribution in [-0.2, 0) is 4.74 Å². The lowest BCUT2D eigenvalue weighted by Gasteiger charge is -2.06. The normalized spacial score (nSPS) is 13.7. The van der Waals surface area contributed by atoms with Crippen LogP contribution in [0.3, 0.4) is 0 Å². The van der Waals surface area contributed by atoms with E-state index in [1.807, 2.05) is 6.92 Å². The number of oxime groups is 1. The molecule has 0 bridgehead atoms. The van der Waals surface area contributed by atoms with Gasteiger partial charge in [-0.3, -0.25) is 0 Å². The maximum atomic E-state index is 7.98. The summed E-state index contributed by atoms with van der Waals surface area (Å²) < 4.78 is 5.14. The molecule has 1 N–H and O–H groups in total. The zero-order valence-electron chi connectivity index (χ0n) is 6.16. The summed E-state index contributed by atoms with van der Waals surface area (Å²) >= 11 is 0. The fourth-order valence-corrected chi connectivity index (χ4v) is 0.543. The molecule has 0 saturated heterocycles. The van der Waals surface area contributed by atoms with E-state index in [9.17, 15) is 0 Å². The third-order valence-electron chi connectivity index (χ3n) is 1.04. The molecule has 10 heavy (non-hydrogen) atoms. The van der Waals surface area contributed by atoms with Crippen LogP contribution in [0.2, 0.25) is 0 Å². The summed E-state index contributed by atoms with van der Waals surface area (Å²) in [5.74, 6) is 0. The van der Waals surface area contributed by atoms with Crippen molar-refractivity contribution in [2.45, 2.75) is 19.4 Å². The van der Waals surface area contributed by atoms with Gasteiger partial charge in [0.2, 0.25) is 0 Å².